The molecule has 0 radical (unpaired) electrons. The van der Waals surface area contributed by atoms with Crippen LogP contribution in [0.25, 0.3) is 11.0 Å². The zero-order valence-electron chi connectivity index (χ0n) is 7.96. The van der Waals surface area contributed by atoms with Gasteiger partial charge >= 0.3 is 5.97 Å². The van der Waals surface area contributed by atoms with Gasteiger partial charge in [0.2, 0.25) is 0 Å². The van der Waals surface area contributed by atoms with E-state index in [4.69, 9.17) is 27.6 Å². The second kappa shape index (κ2) is 3.86. The minimum atomic E-state index is -4.08. The van der Waals surface area contributed by atoms with E-state index < -0.39 is 20.2 Å². The quantitative estimate of drug-likeness (QED) is 0.851. The van der Waals surface area contributed by atoms with E-state index in [1.54, 1.807) is 0 Å². The number of carboxylic acid groups (broad SMARTS) is 1. The van der Waals surface area contributed by atoms with Crippen molar-refractivity contribution in [1.82, 2.24) is 9.07 Å². The van der Waals surface area contributed by atoms with E-state index in [0.29, 0.717) is 0 Å². The molecule has 0 bridgehead atoms. The third kappa shape index (κ3) is 2.08. The lowest BCUT2D eigenvalue weighted by molar-refractivity contribution is 0.0697. The van der Waals surface area contributed by atoms with Gasteiger partial charge in [0.25, 0.3) is 14.2 Å². The Labute approximate surface area is 105 Å². The first-order chi connectivity index (χ1) is 7.80. The number of aromatic carboxylic acids is 1. The largest absolute Gasteiger partial charge is 0.478 e. The summed E-state index contributed by atoms with van der Waals surface area (Å²) in [5, 5.41) is 8.23. The Morgan fingerprint density at radius 1 is 1.41 bits per heavy atom. The lowest BCUT2D eigenvalue weighted by atomic mass is 10.2. The van der Waals surface area contributed by atoms with Crippen LogP contribution in [0, 0.1) is 0 Å². The molecule has 9 heteroatoms. The normalized spacial score (nSPS) is 11.9. The Hall–Kier alpha value is -1.31. The van der Waals surface area contributed by atoms with Crippen LogP contribution in [0.2, 0.25) is 0 Å². The van der Waals surface area contributed by atoms with Gasteiger partial charge in [0.1, 0.15) is 0 Å². The lowest BCUT2D eigenvalue weighted by Crippen LogP contribution is -1.97. The molecule has 1 aromatic carbocycles. The zero-order valence-corrected chi connectivity index (χ0v) is 10.3. The summed E-state index contributed by atoms with van der Waals surface area (Å²) in [5.74, 6) is -1.15. The SMILES string of the molecule is O=C(O)c1ccc2c(c1)nc(S(=O)(=O)Cl)n2Cl. The Bertz CT molecular complexity index is 722. The number of carbonyl (C=O) groups is 1. The summed E-state index contributed by atoms with van der Waals surface area (Å²) >= 11 is 5.72. The monoisotopic (exact) mass is 294 g/mol. The van der Waals surface area contributed by atoms with E-state index in [2.05, 4.69) is 4.98 Å². The smallest absolute Gasteiger partial charge is 0.335 e. The number of rotatable bonds is 2. The Morgan fingerprint density at radius 3 is 2.59 bits per heavy atom. The van der Waals surface area contributed by atoms with Gasteiger partial charge in [-0.1, -0.05) is 0 Å². The zero-order chi connectivity index (χ0) is 12.8. The summed E-state index contributed by atoms with van der Waals surface area (Å²) in [6, 6.07) is 3.85. The number of aromatic nitrogens is 2. The highest BCUT2D eigenvalue weighted by molar-refractivity contribution is 8.13. The van der Waals surface area contributed by atoms with Gasteiger partial charge in [-0.15, -0.1) is 0 Å². The summed E-state index contributed by atoms with van der Waals surface area (Å²) in [5.41, 5.74) is 0.376. The predicted octanol–water partition coefficient (Wildman–Crippen LogP) is 1.66. The van der Waals surface area contributed by atoms with E-state index in [1.165, 1.54) is 18.2 Å². The van der Waals surface area contributed by atoms with Gasteiger partial charge in [-0.2, -0.15) is 0 Å². The number of imidazole rings is 1. The average Bonchev–Trinajstić information content (AvgIpc) is 2.55. The number of carboxylic acids is 1. The molecular weight excluding hydrogens is 291 g/mol. The molecule has 1 heterocycles. The molecule has 0 atom stereocenters. The highest BCUT2D eigenvalue weighted by Crippen LogP contribution is 2.24. The Morgan fingerprint density at radius 2 is 2.06 bits per heavy atom. The van der Waals surface area contributed by atoms with Crippen molar-refractivity contribution in [1.29, 1.82) is 0 Å². The van der Waals surface area contributed by atoms with Gasteiger partial charge in [0.15, 0.2) is 0 Å². The fourth-order valence-corrected chi connectivity index (χ4v) is 2.68. The van der Waals surface area contributed by atoms with E-state index in [1.807, 2.05) is 0 Å². The number of fused-ring (bicyclic) bond motifs is 1. The molecule has 0 aliphatic heterocycles. The Balaban J connectivity index is 2.79. The van der Waals surface area contributed by atoms with Crippen LogP contribution in [-0.2, 0) is 9.05 Å². The van der Waals surface area contributed by atoms with Crippen LogP contribution in [0.15, 0.2) is 23.4 Å². The fraction of sp³-hybridized carbons (Fsp3) is 0. The van der Waals surface area contributed by atoms with Crippen LogP contribution >= 0.6 is 22.5 Å². The molecule has 2 rings (SSSR count). The molecule has 0 fully saturated rings. The van der Waals surface area contributed by atoms with Crippen LogP contribution in [0.3, 0.4) is 0 Å². The van der Waals surface area contributed by atoms with Crippen molar-refractivity contribution in [3.63, 3.8) is 0 Å². The molecule has 17 heavy (non-hydrogen) atoms. The van der Waals surface area contributed by atoms with Crippen LogP contribution < -0.4 is 0 Å². The predicted molar refractivity (Wildman–Crippen MR) is 61.0 cm³/mol. The molecule has 1 aromatic heterocycles. The summed E-state index contributed by atoms with van der Waals surface area (Å²) in [7, 11) is 1.04. The topological polar surface area (TPSA) is 89.3 Å². The number of hydrogen-bond donors (Lipinski definition) is 1. The second-order valence-corrected chi connectivity index (χ2v) is 5.92. The molecule has 0 unspecified atom stereocenters. The van der Waals surface area contributed by atoms with Crippen molar-refractivity contribution in [2.75, 3.05) is 0 Å². The maximum atomic E-state index is 11.1. The molecule has 0 aliphatic carbocycles. The number of halogens is 2. The molecule has 2 aromatic rings. The van der Waals surface area contributed by atoms with Gasteiger partial charge in [-0.05, 0) is 18.2 Å². The van der Waals surface area contributed by atoms with E-state index in [-0.39, 0.29) is 16.6 Å². The highest BCUT2D eigenvalue weighted by Gasteiger charge is 2.21. The summed E-state index contributed by atoms with van der Waals surface area (Å²) in [4.78, 5) is 14.4. The molecule has 1 N–H and O–H groups in total. The van der Waals surface area contributed by atoms with Gasteiger partial charge < -0.3 is 5.11 Å². The summed E-state index contributed by atoms with van der Waals surface area (Å²) in [6.07, 6.45) is 0. The minimum absolute atomic E-state index is 0.0224. The van der Waals surface area contributed by atoms with E-state index in [0.717, 1.165) is 4.09 Å². The third-order valence-corrected chi connectivity index (χ3v) is 3.60. The minimum Gasteiger partial charge on any atom is -0.478 e. The molecule has 0 spiro atoms. The van der Waals surface area contributed by atoms with Crippen molar-refractivity contribution in [3.8, 4) is 0 Å². The maximum Gasteiger partial charge on any atom is 0.335 e. The molecule has 0 aliphatic rings. The molecule has 90 valence electrons. The third-order valence-electron chi connectivity index (χ3n) is 2.04. The van der Waals surface area contributed by atoms with Gasteiger partial charge in [0.05, 0.1) is 16.6 Å². The number of benzene rings is 1. The first-order valence-corrected chi connectivity index (χ1v) is 6.82. The molecule has 6 nitrogen and oxygen atoms in total. The number of hydrogen-bond acceptors (Lipinski definition) is 4. The Kier molecular flexibility index (Phi) is 2.76. The van der Waals surface area contributed by atoms with Crippen LogP contribution in [-0.4, -0.2) is 28.6 Å². The molecular formula is C8H4Cl2N2O4S. The standard InChI is InChI=1S/C8H4Cl2N2O4S/c9-12-6-2-1-4(7(13)14)3-5(6)11-8(12)17(10,15)16/h1-3H,(H,13,14). The van der Waals surface area contributed by atoms with Crippen LogP contribution in [0.1, 0.15) is 10.4 Å². The van der Waals surface area contributed by atoms with Crippen molar-refractivity contribution < 1.29 is 18.3 Å². The second-order valence-electron chi connectivity index (χ2n) is 3.12. The maximum absolute atomic E-state index is 11.1. The van der Waals surface area contributed by atoms with Crippen molar-refractivity contribution in [2.45, 2.75) is 5.16 Å². The van der Waals surface area contributed by atoms with Crippen molar-refractivity contribution >= 4 is 48.5 Å². The first kappa shape index (κ1) is 12.2. The van der Waals surface area contributed by atoms with Crippen LogP contribution in [0.5, 0.6) is 0 Å². The van der Waals surface area contributed by atoms with Crippen LogP contribution in [0.4, 0.5) is 0 Å². The number of nitrogens with zero attached hydrogens (tertiary/aromatic N) is 2. The summed E-state index contributed by atoms with van der Waals surface area (Å²) in [6.45, 7) is 0. The van der Waals surface area contributed by atoms with Gasteiger partial charge in [-0.3, -0.25) is 0 Å². The van der Waals surface area contributed by atoms with Crippen molar-refractivity contribution in [3.05, 3.63) is 23.8 Å². The fourth-order valence-electron chi connectivity index (χ4n) is 1.31. The lowest BCUT2D eigenvalue weighted by Gasteiger charge is -1.95. The molecule has 0 saturated heterocycles. The molecule has 0 amide bonds. The van der Waals surface area contributed by atoms with Gasteiger partial charge in [0, 0.05) is 22.5 Å². The van der Waals surface area contributed by atoms with E-state index >= 15 is 0 Å². The first-order valence-electron chi connectivity index (χ1n) is 4.17. The highest BCUT2D eigenvalue weighted by atomic mass is 35.7. The van der Waals surface area contributed by atoms with Crippen molar-refractivity contribution in [2.24, 2.45) is 0 Å². The van der Waals surface area contributed by atoms with Gasteiger partial charge in [-0.25, -0.2) is 22.3 Å². The average molecular weight is 295 g/mol. The summed E-state index contributed by atoms with van der Waals surface area (Å²) < 4.78 is 23.0. The molecule has 0 saturated carbocycles. The van der Waals surface area contributed by atoms with E-state index in [9.17, 15) is 13.2 Å².